The van der Waals surface area contributed by atoms with Gasteiger partial charge in [-0.05, 0) is 12.5 Å². The van der Waals surface area contributed by atoms with Crippen LogP contribution < -0.4 is 10.5 Å². The molecule has 0 saturated carbocycles. The molecule has 0 aliphatic carbocycles. The fourth-order valence-corrected chi connectivity index (χ4v) is 3.80. The number of nitriles is 1. The number of hydrogen-bond donors (Lipinski definition) is 1. The zero-order valence-electron chi connectivity index (χ0n) is 13.4. The summed E-state index contributed by atoms with van der Waals surface area (Å²) in [5.41, 5.74) is 8.56. The maximum atomic E-state index is 9.79. The highest BCUT2D eigenvalue weighted by Gasteiger charge is 2.22. The second-order valence-electron chi connectivity index (χ2n) is 5.30. The fourth-order valence-electron chi connectivity index (χ4n) is 2.82. The summed E-state index contributed by atoms with van der Waals surface area (Å²) in [5.74, 6) is 0.530. The van der Waals surface area contributed by atoms with Crippen LogP contribution >= 0.6 is 11.3 Å². The molecule has 25 heavy (non-hydrogen) atoms. The number of anilines is 1. The van der Waals surface area contributed by atoms with Crippen LogP contribution in [-0.2, 0) is 0 Å². The molecule has 3 heterocycles. The molecule has 0 atom stereocenters. The lowest BCUT2D eigenvalue weighted by Gasteiger charge is -2.11. The first-order valence-electron chi connectivity index (χ1n) is 7.70. The molecule has 4 rings (SSSR count). The van der Waals surface area contributed by atoms with Gasteiger partial charge in [-0.2, -0.15) is 5.26 Å². The van der Waals surface area contributed by atoms with Crippen LogP contribution in [0.1, 0.15) is 12.5 Å². The highest BCUT2D eigenvalue weighted by molar-refractivity contribution is 7.25. The van der Waals surface area contributed by atoms with Crippen molar-refractivity contribution in [3.63, 3.8) is 0 Å². The molecule has 0 aliphatic heterocycles. The van der Waals surface area contributed by atoms with Gasteiger partial charge in [-0.3, -0.25) is 0 Å². The standard InChI is InChI=1S/C18H13N5OS/c1-2-24-16-11(8-19)13(10-6-4-3-5-7-10)14-15-12(25-17(14)23-16)9-21-18(20)22-15/h3-7,9H,2H2,1H3,(H2,20,21,22). The summed E-state index contributed by atoms with van der Waals surface area (Å²) < 4.78 is 6.50. The lowest BCUT2D eigenvalue weighted by molar-refractivity contribution is 0.327. The quantitative estimate of drug-likeness (QED) is 0.606. The van der Waals surface area contributed by atoms with E-state index in [-0.39, 0.29) is 5.95 Å². The van der Waals surface area contributed by atoms with Crippen LogP contribution in [0, 0.1) is 11.3 Å². The third-order valence-corrected chi connectivity index (χ3v) is 4.81. The summed E-state index contributed by atoms with van der Waals surface area (Å²) in [7, 11) is 0. The largest absolute Gasteiger partial charge is 0.477 e. The number of nitrogens with two attached hydrogens (primary N) is 1. The van der Waals surface area contributed by atoms with E-state index < -0.39 is 0 Å². The van der Waals surface area contributed by atoms with E-state index in [9.17, 15) is 5.26 Å². The van der Waals surface area contributed by atoms with E-state index in [1.54, 1.807) is 6.20 Å². The Hall–Kier alpha value is -3.24. The number of nitrogens with zero attached hydrogens (tertiary/aromatic N) is 4. The summed E-state index contributed by atoms with van der Waals surface area (Å²) in [4.78, 5) is 13.7. The van der Waals surface area contributed by atoms with Gasteiger partial charge in [0.1, 0.15) is 16.5 Å². The van der Waals surface area contributed by atoms with E-state index in [1.165, 1.54) is 11.3 Å². The van der Waals surface area contributed by atoms with Crippen molar-refractivity contribution in [1.29, 1.82) is 5.26 Å². The molecule has 6 nitrogen and oxygen atoms in total. The number of fused-ring (bicyclic) bond motifs is 3. The average Bonchev–Trinajstić information content (AvgIpc) is 2.98. The number of pyridine rings is 1. The Bertz CT molecular complexity index is 1130. The van der Waals surface area contributed by atoms with Crippen LogP contribution in [-0.4, -0.2) is 21.6 Å². The molecule has 7 heteroatoms. The van der Waals surface area contributed by atoms with Gasteiger partial charge in [0.15, 0.2) is 0 Å². The maximum Gasteiger partial charge on any atom is 0.233 e. The molecule has 1 aromatic carbocycles. The molecule has 0 bridgehead atoms. The van der Waals surface area contributed by atoms with Gasteiger partial charge < -0.3 is 10.5 Å². The predicted molar refractivity (Wildman–Crippen MR) is 98.4 cm³/mol. The highest BCUT2D eigenvalue weighted by atomic mass is 32.1. The number of benzene rings is 1. The molecule has 2 N–H and O–H groups in total. The minimum atomic E-state index is 0.193. The van der Waals surface area contributed by atoms with Crippen molar-refractivity contribution in [3.8, 4) is 23.1 Å². The van der Waals surface area contributed by atoms with Crippen LogP contribution in [0.5, 0.6) is 5.88 Å². The molecule has 0 fully saturated rings. The topological polar surface area (TPSA) is 97.7 Å². The molecular formula is C18H13N5OS. The summed E-state index contributed by atoms with van der Waals surface area (Å²) >= 11 is 1.46. The second-order valence-corrected chi connectivity index (χ2v) is 6.33. The van der Waals surface area contributed by atoms with Crippen molar-refractivity contribution >= 4 is 37.7 Å². The van der Waals surface area contributed by atoms with E-state index in [0.29, 0.717) is 23.6 Å². The van der Waals surface area contributed by atoms with Gasteiger partial charge in [0.25, 0.3) is 0 Å². The summed E-state index contributed by atoms with van der Waals surface area (Å²) in [6.45, 7) is 2.30. The minimum Gasteiger partial charge on any atom is -0.477 e. The monoisotopic (exact) mass is 347 g/mol. The van der Waals surface area contributed by atoms with Gasteiger partial charge in [-0.15, -0.1) is 11.3 Å². The zero-order valence-corrected chi connectivity index (χ0v) is 14.2. The molecule has 0 spiro atoms. The first-order valence-corrected chi connectivity index (χ1v) is 8.51. The Balaban J connectivity index is 2.22. The predicted octanol–water partition coefficient (Wildman–Crippen LogP) is 3.76. The number of rotatable bonds is 3. The van der Waals surface area contributed by atoms with Crippen LogP contribution in [0.2, 0.25) is 0 Å². The smallest absolute Gasteiger partial charge is 0.233 e. The number of aromatic nitrogens is 3. The lowest BCUT2D eigenvalue weighted by atomic mass is 9.98. The fraction of sp³-hybridized carbons (Fsp3) is 0.111. The molecule has 0 saturated heterocycles. The molecule has 0 radical (unpaired) electrons. The number of hydrogen-bond acceptors (Lipinski definition) is 7. The average molecular weight is 347 g/mol. The summed E-state index contributed by atoms with van der Waals surface area (Å²) in [6, 6.07) is 12.0. The van der Waals surface area contributed by atoms with Crippen molar-refractivity contribution in [2.24, 2.45) is 0 Å². The molecule has 0 unspecified atom stereocenters. The SMILES string of the molecule is CCOc1nc2sc3cnc(N)nc3c2c(-c2ccccc2)c1C#N. The van der Waals surface area contributed by atoms with Crippen LogP contribution in [0.25, 0.3) is 31.6 Å². The maximum absolute atomic E-state index is 9.79. The van der Waals surface area contributed by atoms with Gasteiger partial charge >= 0.3 is 0 Å². The van der Waals surface area contributed by atoms with Crippen molar-refractivity contribution in [2.75, 3.05) is 12.3 Å². The summed E-state index contributed by atoms with van der Waals surface area (Å²) in [5, 5.41) is 10.6. The van der Waals surface area contributed by atoms with E-state index in [1.807, 2.05) is 37.3 Å². The minimum absolute atomic E-state index is 0.193. The third kappa shape index (κ3) is 2.44. The molecular weight excluding hydrogens is 334 g/mol. The van der Waals surface area contributed by atoms with Crippen molar-refractivity contribution in [1.82, 2.24) is 15.0 Å². The van der Waals surface area contributed by atoms with Gasteiger partial charge in [-0.1, -0.05) is 30.3 Å². The third-order valence-electron chi connectivity index (χ3n) is 3.80. The van der Waals surface area contributed by atoms with E-state index in [0.717, 1.165) is 26.0 Å². The molecule has 0 amide bonds. The van der Waals surface area contributed by atoms with Crippen molar-refractivity contribution in [2.45, 2.75) is 6.92 Å². The molecule has 3 aromatic heterocycles. The van der Waals surface area contributed by atoms with Gasteiger partial charge in [0.2, 0.25) is 11.8 Å². The zero-order chi connectivity index (χ0) is 17.4. The Morgan fingerprint density at radius 3 is 2.76 bits per heavy atom. The van der Waals surface area contributed by atoms with Gasteiger partial charge in [0, 0.05) is 10.9 Å². The number of ether oxygens (including phenoxy) is 1. The Kier molecular flexibility index (Phi) is 3.67. The normalized spacial score (nSPS) is 10.9. The second kappa shape index (κ2) is 6.00. The van der Waals surface area contributed by atoms with Crippen LogP contribution in [0.3, 0.4) is 0 Å². The van der Waals surface area contributed by atoms with E-state index in [2.05, 4.69) is 21.0 Å². The highest BCUT2D eigenvalue weighted by Crippen LogP contribution is 2.42. The first-order chi connectivity index (χ1) is 12.2. The molecule has 4 aromatic rings. The molecule has 0 aliphatic rings. The van der Waals surface area contributed by atoms with Gasteiger partial charge in [-0.25, -0.2) is 15.0 Å². The Morgan fingerprint density at radius 2 is 2.04 bits per heavy atom. The summed E-state index contributed by atoms with van der Waals surface area (Å²) in [6.07, 6.45) is 1.69. The Morgan fingerprint density at radius 1 is 1.24 bits per heavy atom. The van der Waals surface area contributed by atoms with Crippen LogP contribution in [0.15, 0.2) is 36.5 Å². The number of thiophene rings is 1. The van der Waals surface area contributed by atoms with E-state index in [4.69, 9.17) is 10.5 Å². The van der Waals surface area contributed by atoms with Crippen LogP contribution in [0.4, 0.5) is 5.95 Å². The van der Waals surface area contributed by atoms with Crippen molar-refractivity contribution in [3.05, 3.63) is 42.1 Å². The van der Waals surface area contributed by atoms with E-state index >= 15 is 0 Å². The Labute approximate surface area is 147 Å². The first kappa shape index (κ1) is 15.3. The lowest BCUT2D eigenvalue weighted by Crippen LogP contribution is -2.00. The van der Waals surface area contributed by atoms with Crippen molar-refractivity contribution < 1.29 is 4.74 Å². The molecule has 122 valence electrons. The number of nitrogen functional groups attached to an aromatic ring is 1. The van der Waals surface area contributed by atoms with Gasteiger partial charge in [0.05, 0.1) is 23.0 Å².